The number of hydrazone groups is 1. The van der Waals surface area contributed by atoms with Crippen LogP contribution in [0, 0.1) is 0 Å². The van der Waals surface area contributed by atoms with Gasteiger partial charge in [0.25, 0.3) is 5.91 Å². The summed E-state index contributed by atoms with van der Waals surface area (Å²) in [6.07, 6.45) is -0.441. The SMILES string of the molecule is CCOc1cc([C@@H]2Nc3ccccc3[C@@H]3C(=O)NC(SCC)=NN23)cc(Cl)c1OCc1ccccc1. The number of ether oxygens (including phenoxy) is 2. The molecule has 3 aromatic rings. The third kappa shape index (κ3) is 4.83. The highest BCUT2D eigenvalue weighted by atomic mass is 35.5. The summed E-state index contributed by atoms with van der Waals surface area (Å²) in [5, 5.41) is 14.1. The summed E-state index contributed by atoms with van der Waals surface area (Å²) in [5.41, 5.74) is 3.59. The van der Waals surface area contributed by atoms with Crippen molar-refractivity contribution in [2.45, 2.75) is 32.7 Å². The van der Waals surface area contributed by atoms with Gasteiger partial charge in [-0.15, -0.1) is 5.10 Å². The summed E-state index contributed by atoms with van der Waals surface area (Å²) in [6.45, 7) is 4.76. The second-order valence-corrected chi connectivity index (χ2v) is 9.94. The largest absolute Gasteiger partial charge is 0.490 e. The summed E-state index contributed by atoms with van der Waals surface area (Å²) in [5.74, 6) is 1.71. The second-order valence-electron chi connectivity index (χ2n) is 8.28. The van der Waals surface area contributed by atoms with Gasteiger partial charge in [0, 0.05) is 16.8 Å². The predicted molar refractivity (Wildman–Crippen MR) is 144 cm³/mol. The van der Waals surface area contributed by atoms with E-state index in [-0.39, 0.29) is 5.91 Å². The Morgan fingerprint density at radius 2 is 1.83 bits per heavy atom. The van der Waals surface area contributed by atoms with E-state index in [1.165, 1.54) is 11.8 Å². The van der Waals surface area contributed by atoms with Gasteiger partial charge in [-0.1, -0.05) is 78.8 Å². The van der Waals surface area contributed by atoms with Crippen molar-refractivity contribution >= 4 is 40.1 Å². The average Bonchev–Trinajstić information content (AvgIpc) is 2.88. The van der Waals surface area contributed by atoms with Gasteiger partial charge in [-0.2, -0.15) is 0 Å². The molecule has 0 aliphatic carbocycles. The number of nitrogens with one attached hydrogen (secondary N) is 2. The summed E-state index contributed by atoms with van der Waals surface area (Å²) >= 11 is 8.26. The monoisotopic (exact) mass is 522 g/mol. The first-order valence-electron chi connectivity index (χ1n) is 11.9. The number of anilines is 1. The number of thioether (sulfide) groups is 1. The van der Waals surface area contributed by atoms with Crippen LogP contribution in [0.2, 0.25) is 5.02 Å². The molecule has 1 amide bonds. The molecule has 0 saturated heterocycles. The summed E-state index contributed by atoms with van der Waals surface area (Å²) < 4.78 is 12.0. The minimum absolute atomic E-state index is 0.112. The molecule has 36 heavy (non-hydrogen) atoms. The van der Waals surface area contributed by atoms with Crippen LogP contribution in [-0.4, -0.2) is 28.4 Å². The van der Waals surface area contributed by atoms with Crippen LogP contribution in [0.4, 0.5) is 5.69 Å². The van der Waals surface area contributed by atoms with E-state index < -0.39 is 12.2 Å². The zero-order valence-electron chi connectivity index (χ0n) is 20.0. The van der Waals surface area contributed by atoms with Crippen LogP contribution in [-0.2, 0) is 11.4 Å². The molecule has 3 aromatic carbocycles. The van der Waals surface area contributed by atoms with Crippen LogP contribution in [0.15, 0.2) is 71.8 Å². The Hall–Kier alpha value is -3.36. The van der Waals surface area contributed by atoms with Crippen molar-refractivity contribution in [3.05, 3.63) is 88.4 Å². The maximum Gasteiger partial charge on any atom is 0.255 e. The molecule has 7 nitrogen and oxygen atoms in total. The van der Waals surface area contributed by atoms with Crippen LogP contribution in [0.25, 0.3) is 0 Å². The molecule has 2 heterocycles. The van der Waals surface area contributed by atoms with E-state index in [0.717, 1.165) is 28.1 Å². The first kappa shape index (κ1) is 24.3. The maximum absolute atomic E-state index is 13.2. The molecule has 0 bridgehead atoms. The fraction of sp³-hybridized carbons (Fsp3) is 0.259. The van der Waals surface area contributed by atoms with Crippen LogP contribution < -0.4 is 20.1 Å². The van der Waals surface area contributed by atoms with Crippen molar-refractivity contribution < 1.29 is 14.3 Å². The zero-order chi connectivity index (χ0) is 25.1. The van der Waals surface area contributed by atoms with Crippen LogP contribution >= 0.6 is 23.4 Å². The Kier molecular flexibility index (Phi) is 7.25. The molecule has 0 spiro atoms. The lowest BCUT2D eigenvalue weighted by Gasteiger charge is -2.43. The van der Waals surface area contributed by atoms with Gasteiger partial charge in [-0.05, 0) is 36.4 Å². The van der Waals surface area contributed by atoms with Crippen molar-refractivity contribution in [2.24, 2.45) is 5.10 Å². The molecular weight excluding hydrogens is 496 g/mol. The zero-order valence-corrected chi connectivity index (χ0v) is 21.6. The van der Waals surface area contributed by atoms with Crippen molar-refractivity contribution in [3.63, 3.8) is 0 Å². The molecule has 0 radical (unpaired) electrons. The Bertz CT molecular complexity index is 1290. The molecule has 2 aliphatic rings. The van der Waals surface area contributed by atoms with Gasteiger partial charge in [0.2, 0.25) is 0 Å². The molecule has 0 saturated carbocycles. The summed E-state index contributed by atoms with van der Waals surface area (Å²) in [6, 6.07) is 20.9. The molecular formula is C27H27ClN4O3S. The van der Waals surface area contributed by atoms with Gasteiger partial charge >= 0.3 is 0 Å². The number of carbonyl (C=O) groups is 1. The van der Waals surface area contributed by atoms with Gasteiger partial charge in [0.15, 0.2) is 22.7 Å². The van der Waals surface area contributed by atoms with Crippen LogP contribution in [0.1, 0.15) is 42.7 Å². The molecule has 2 atom stereocenters. The highest BCUT2D eigenvalue weighted by Gasteiger charge is 2.42. The van der Waals surface area contributed by atoms with E-state index in [1.54, 1.807) is 0 Å². The van der Waals surface area contributed by atoms with Gasteiger partial charge in [-0.3, -0.25) is 9.80 Å². The number of rotatable bonds is 7. The Balaban J connectivity index is 1.54. The molecule has 0 unspecified atom stereocenters. The van der Waals surface area contributed by atoms with Crippen molar-refractivity contribution in [2.75, 3.05) is 17.7 Å². The average molecular weight is 523 g/mol. The molecule has 0 fully saturated rings. The highest BCUT2D eigenvalue weighted by molar-refractivity contribution is 8.13. The fourth-order valence-corrected chi connectivity index (χ4v) is 5.24. The normalized spacial score (nSPS) is 18.4. The third-order valence-corrected chi connectivity index (χ3v) is 6.94. The molecule has 5 rings (SSSR count). The number of hydrogen-bond donors (Lipinski definition) is 2. The van der Waals surface area contributed by atoms with Gasteiger partial charge in [0.05, 0.1) is 11.6 Å². The van der Waals surface area contributed by atoms with E-state index in [4.69, 9.17) is 26.2 Å². The van der Waals surface area contributed by atoms with Gasteiger partial charge in [0.1, 0.15) is 12.8 Å². The minimum atomic E-state index is -0.572. The second kappa shape index (κ2) is 10.7. The number of benzene rings is 3. The predicted octanol–water partition coefficient (Wildman–Crippen LogP) is 5.94. The van der Waals surface area contributed by atoms with E-state index in [9.17, 15) is 4.79 Å². The van der Waals surface area contributed by atoms with Crippen LogP contribution in [0.5, 0.6) is 11.5 Å². The van der Waals surface area contributed by atoms with Crippen LogP contribution in [0.3, 0.4) is 0 Å². The first-order chi connectivity index (χ1) is 17.6. The van der Waals surface area contributed by atoms with Crippen molar-refractivity contribution in [3.8, 4) is 11.5 Å². The lowest BCUT2D eigenvalue weighted by molar-refractivity contribution is -0.127. The fourth-order valence-electron chi connectivity index (χ4n) is 4.37. The van der Waals surface area contributed by atoms with E-state index in [1.807, 2.05) is 85.6 Å². The van der Waals surface area contributed by atoms with Gasteiger partial charge in [-0.25, -0.2) is 0 Å². The molecule has 9 heteroatoms. The lowest BCUT2D eigenvalue weighted by Crippen LogP contribution is -2.50. The third-order valence-electron chi connectivity index (χ3n) is 5.92. The van der Waals surface area contributed by atoms with Gasteiger partial charge < -0.3 is 20.1 Å². The minimum Gasteiger partial charge on any atom is -0.490 e. The number of amidine groups is 1. The summed E-state index contributed by atoms with van der Waals surface area (Å²) in [4.78, 5) is 13.2. The van der Waals surface area contributed by atoms with E-state index in [2.05, 4.69) is 10.6 Å². The number of nitrogens with zero attached hydrogens (tertiary/aromatic N) is 2. The number of hydrogen-bond acceptors (Lipinski definition) is 7. The summed E-state index contributed by atoms with van der Waals surface area (Å²) in [7, 11) is 0. The standard InChI is InChI=1S/C27H27ClN4O3S/c1-3-34-22-15-18(14-20(28)24(22)35-16-17-10-6-5-7-11-17)25-29-21-13-9-8-12-19(21)23-26(33)30-27(36-4-2)31-32(23)25/h5-15,23,25,29H,3-4,16H2,1-2H3,(H,30,31,33)/t23-,25-/m1/s1. The van der Waals surface area contributed by atoms with E-state index >= 15 is 0 Å². The first-order valence-corrected chi connectivity index (χ1v) is 13.2. The Labute approximate surface area is 219 Å². The number of carbonyl (C=O) groups excluding carboxylic acids is 1. The smallest absolute Gasteiger partial charge is 0.255 e. The molecule has 2 aliphatic heterocycles. The highest BCUT2D eigenvalue weighted by Crippen LogP contribution is 2.45. The Morgan fingerprint density at radius 1 is 1.06 bits per heavy atom. The maximum atomic E-state index is 13.2. The topological polar surface area (TPSA) is 75.2 Å². The lowest BCUT2D eigenvalue weighted by atomic mass is 9.97. The molecule has 2 N–H and O–H groups in total. The number of para-hydroxylation sites is 1. The number of amides is 1. The van der Waals surface area contributed by atoms with Crippen molar-refractivity contribution in [1.29, 1.82) is 0 Å². The Morgan fingerprint density at radius 3 is 2.61 bits per heavy atom. The van der Waals surface area contributed by atoms with E-state index in [0.29, 0.717) is 34.9 Å². The van der Waals surface area contributed by atoms with Crippen molar-refractivity contribution in [1.82, 2.24) is 10.3 Å². The quantitative estimate of drug-likeness (QED) is 0.400. The number of fused-ring (bicyclic) bond motifs is 3. The molecule has 186 valence electrons. The molecule has 0 aromatic heterocycles. The number of halogens is 1.